The van der Waals surface area contributed by atoms with Gasteiger partial charge in [-0.25, -0.2) is 4.39 Å². The molecule has 7 nitrogen and oxygen atoms in total. The number of carbonyl (C=O) groups is 2. The highest BCUT2D eigenvalue weighted by Gasteiger charge is 2.32. The number of hydrogen-bond acceptors (Lipinski definition) is 6. The molecule has 3 rings (SSSR count). The van der Waals surface area contributed by atoms with E-state index in [1.54, 1.807) is 6.07 Å². The minimum atomic E-state index is -0.757. The van der Waals surface area contributed by atoms with Crippen LogP contribution in [0.25, 0.3) is 0 Å². The summed E-state index contributed by atoms with van der Waals surface area (Å²) >= 11 is 0. The van der Waals surface area contributed by atoms with Gasteiger partial charge in [-0.1, -0.05) is 6.92 Å². The third kappa shape index (κ3) is 4.68. The summed E-state index contributed by atoms with van der Waals surface area (Å²) in [5.74, 6) is -0.806. The van der Waals surface area contributed by atoms with Gasteiger partial charge in [0.25, 0.3) is 5.91 Å². The van der Waals surface area contributed by atoms with E-state index in [1.807, 2.05) is 25.7 Å². The second-order valence-electron chi connectivity index (χ2n) is 7.54. The Balaban J connectivity index is 1.99. The molecule has 2 heterocycles. The zero-order valence-corrected chi connectivity index (χ0v) is 16.4. The molecule has 28 heavy (non-hydrogen) atoms. The molecule has 0 saturated carbocycles. The average molecular weight is 394 g/mol. The van der Waals surface area contributed by atoms with Gasteiger partial charge in [0.05, 0.1) is 37.7 Å². The van der Waals surface area contributed by atoms with E-state index in [-0.39, 0.29) is 30.2 Å². The van der Waals surface area contributed by atoms with Crippen LogP contribution in [0, 0.1) is 11.7 Å². The third-order valence-electron chi connectivity index (χ3n) is 4.76. The molecule has 0 bridgehead atoms. The van der Waals surface area contributed by atoms with E-state index < -0.39 is 18.0 Å². The second-order valence-corrected chi connectivity index (χ2v) is 7.54. The standard InChI is InChI=1S/C20H27FN2O5/c1-12-10-26-20(27-11-12)16-6-15(19(25)22-4-5-24)7-17(21)18(16)23-8-13(2)28-14(3)9-23/h5-7,12-14,20H,4,8-11H2,1-3H3,(H,22,25)/t12?,13-,14-,20?/m1/s1. The second kappa shape index (κ2) is 8.98. The van der Waals surface area contributed by atoms with E-state index in [2.05, 4.69) is 5.32 Å². The van der Waals surface area contributed by atoms with Crippen molar-refractivity contribution in [3.05, 3.63) is 29.1 Å². The molecular formula is C20H27FN2O5. The number of hydrogen-bond donors (Lipinski definition) is 1. The first-order valence-corrected chi connectivity index (χ1v) is 9.58. The lowest BCUT2D eigenvalue weighted by molar-refractivity contribution is -0.202. The minimum absolute atomic E-state index is 0.0558. The number of amides is 1. The van der Waals surface area contributed by atoms with Gasteiger partial charge in [-0.15, -0.1) is 0 Å². The van der Waals surface area contributed by atoms with E-state index in [1.165, 1.54) is 6.07 Å². The molecule has 0 aromatic heterocycles. The Morgan fingerprint density at radius 1 is 1.21 bits per heavy atom. The Morgan fingerprint density at radius 3 is 2.46 bits per heavy atom. The van der Waals surface area contributed by atoms with Crippen molar-refractivity contribution in [2.24, 2.45) is 5.92 Å². The highest BCUT2D eigenvalue weighted by Crippen LogP contribution is 2.36. The number of carbonyl (C=O) groups excluding carboxylic acids is 2. The fourth-order valence-electron chi connectivity index (χ4n) is 3.64. The first-order chi connectivity index (χ1) is 13.4. The Labute approximate surface area is 164 Å². The number of morpholine rings is 1. The fraction of sp³-hybridized carbons (Fsp3) is 0.600. The van der Waals surface area contributed by atoms with Crippen molar-refractivity contribution in [1.82, 2.24) is 5.32 Å². The molecule has 0 aliphatic carbocycles. The lowest BCUT2D eigenvalue weighted by Crippen LogP contribution is -2.46. The molecule has 2 aliphatic rings. The summed E-state index contributed by atoms with van der Waals surface area (Å²) in [6.45, 7) is 7.78. The van der Waals surface area contributed by atoms with Crippen LogP contribution in [0.3, 0.4) is 0 Å². The van der Waals surface area contributed by atoms with Crippen molar-refractivity contribution < 1.29 is 28.2 Å². The van der Waals surface area contributed by atoms with Gasteiger partial charge >= 0.3 is 0 Å². The lowest BCUT2D eigenvalue weighted by atomic mass is 10.0. The number of halogens is 1. The van der Waals surface area contributed by atoms with Gasteiger partial charge in [0, 0.05) is 30.1 Å². The Kier molecular flexibility index (Phi) is 6.64. The summed E-state index contributed by atoms with van der Waals surface area (Å²) in [7, 11) is 0. The van der Waals surface area contributed by atoms with Crippen molar-refractivity contribution >= 4 is 17.9 Å². The minimum Gasteiger partial charge on any atom is -0.372 e. The molecule has 2 saturated heterocycles. The van der Waals surface area contributed by atoms with E-state index in [9.17, 15) is 9.59 Å². The molecular weight excluding hydrogens is 367 g/mol. The molecule has 1 N–H and O–H groups in total. The van der Waals surface area contributed by atoms with Crippen LogP contribution >= 0.6 is 0 Å². The van der Waals surface area contributed by atoms with Crippen LogP contribution in [0.5, 0.6) is 0 Å². The SMILES string of the molecule is CC1COC(c2cc(C(=O)NCC=O)cc(F)c2N2C[C@@H](C)O[C@H](C)C2)OC1. The van der Waals surface area contributed by atoms with Crippen LogP contribution in [0.1, 0.15) is 43.0 Å². The maximum atomic E-state index is 15.2. The summed E-state index contributed by atoms with van der Waals surface area (Å²) in [4.78, 5) is 24.7. The molecule has 0 radical (unpaired) electrons. The largest absolute Gasteiger partial charge is 0.372 e. The van der Waals surface area contributed by atoms with E-state index in [0.29, 0.717) is 43.8 Å². The first kappa shape index (κ1) is 20.7. The van der Waals surface area contributed by atoms with Crippen LogP contribution in [-0.2, 0) is 19.0 Å². The smallest absolute Gasteiger partial charge is 0.251 e. The van der Waals surface area contributed by atoms with Crippen molar-refractivity contribution in [3.63, 3.8) is 0 Å². The number of benzene rings is 1. The zero-order chi connectivity index (χ0) is 20.3. The van der Waals surface area contributed by atoms with Gasteiger partial charge in [-0.2, -0.15) is 0 Å². The van der Waals surface area contributed by atoms with Gasteiger partial charge in [-0.05, 0) is 26.0 Å². The topological polar surface area (TPSA) is 77.1 Å². The number of anilines is 1. The highest BCUT2D eigenvalue weighted by atomic mass is 19.1. The normalized spacial score (nSPS) is 28.1. The van der Waals surface area contributed by atoms with Crippen molar-refractivity contribution in [2.45, 2.75) is 39.3 Å². The third-order valence-corrected chi connectivity index (χ3v) is 4.76. The molecule has 8 heteroatoms. The van der Waals surface area contributed by atoms with Crippen molar-refractivity contribution in [1.29, 1.82) is 0 Å². The van der Waals surface area contributed by atoms with E-state index in [0.717, 1.165) is 0 Å². The Hall–Kier alpha value is -2.03. The number of nitrogens with one attached hydrogen (secondary N) is 1. The number of ether oxygens (including phenoxy) is 3. The molecule has 1 aromatic carbocycles. The Bertz CT molecular complexity index is 711. The van der Waals surface area contributed by atoms with Crippen LogP contribution in [-0.4, -0.2) is 57.2 Å². The van der Waals surface area contributed by atoms with Crippen LogP contribution in [0.4, 0.5) is 10.1 Å². The summed E-state index contributed by atoms with van der Waals surface area (Å²) in [5.41, 5.74) is 0.969. The van der Waals surface area contributed by atoms with E-state index in [4.69, 9.17) is 14.2 Å². The van der Waals surface area contributed by atoms with Crippen LogP contribution in [0.2, 0.25) is 0 Å². The molecule has 154 valence electrons. The average Bonchev–Trinajstić information content (AvgIpc) is 2.65. The lowest BCUT2D eigenvalue weighted by Gasteiger charge is -2.39. The van der Waals surface area contributed by atoms with Gasteiger partial charge in [0.1, 0.15) is 12.1 Å². The van der Waals surface area contributed by atoms with Crippen molar-refractivity contribution in [2.75, 3.05) is 37.7 Å². The Morgan fingerprint density at radius 2 is 1.86 bits per heavy atom. The van der Waals surface area contributed by atoms with Gasteiger partial charge in [0.15, 0.2) is 6.29 Å². The molecule has 1 amide bonds. The fourth-order valence-corrected chi connectivity index (χ4v) is 3.64. The van der Waals surface area contributed by atoms with Gasteiger partial charge < -0.3 is 29.2 Å². The summed E-state index contributed by atoms with van der Waals surface area (Å²) < 4.78 is 32.6. The summed E-state index contributed by atoms with van der Waals surface area (Å²) in [6, 6.07) is 2.78. The van der Waals surface area contributed by atoms with Crippen LogP contribution in [0.15, 0.2) is 12.1 Å². The zero-order valence-electron chi connectivity index (χ0n) is 16.4. The molecule has 2 fully saturated rings. The molecule has 0 unspecified atom stereocenters. The first-order valence-electron chi connectivity index (χ1n) is 9.58. The molecule has 2 aliphatic heterocycles. The van der Waals surface area contributed by atoms with E-state index >= 15 is 4.39 Å². The van der Waals surface area contributed by atoms with Crippen molar-refractivity contribution in [3.8, 4) is 0 Å². The number of nitrogens with zero attached hydrogens (tertiary/aromatic N) is 1. The maximum Gasteiger partial charge on any atom is 0.251 e. The quantitative estimate of drug-likeness (QED) is 0.771. The monoisotopic (exact) mass is 394 g/mol. The van der Waals surface area contributed by atoms with Crippen LogP contribution < -0.4 is 10.2 Å². The number of aldehydes is 1. The summed E-state index contributed by atoms with van der Waals surface area (Å²) in [6.07, 6.45) is -0.290. The molecule has 2 atom stereocenters. The predicted octanol–water partition coefficient (Wildman–Crippen LogP) is 2.05. The summed E-state index contributed by atoms with van der Waals surface area (Å²) in [5, 5.41) is 2.44. The molecule has 0 spiro atoms. The number of rotatable bonds is 5. The predicted molar refractivity (Wildman–Crippen MR) is 101 cm³/mol. The highest BCUT2D eigenvalue weighted by molar-refractivity contribution is 5.96. The molecule has 1 aromatic rings. The maximum absolute atomic E-state index is 15.2. The van der Waals surface area contributed by atoms with Gasteiger partial charge in [-0.3, -0.25) is 4.79 Å². The van der Waals surface area contributed by atoms with Gasteiger partial charge in [0.2, 0.25) is 0 Å².